The molecule has 1 aliphatic carbocycles. The number of aliphatic hydroxyl groups excluding tert-OH is 2. The number of allylic oxidation sites excluding steroid dienone is 3. The topological polar surface area (TPSA) is 58.9 Å². The van der Waals surface area contributed by atoms with Crippen molar-refractivity contribution < 1.29 is 19.7 Å². The summed E-state index contributed by atoms with van der Waals surface area (Å²) >= 11 is 0. The fourth-order valence-electron chi connectivity index (χ4n) is 2.77. The molecule has 1 aliphatic rings. The van der Waals surface area contributed by atoms with Gasteiger partial charge in [0.1, 0.15) is 0 Å². The van der Waals surface area contributed by atoms with Crippen LogP contribution >= 0.6 is 0 Å². The van der Waals surface area contributed by atoms with E-state index in [1.807, 2.05) is 45.9 Å². The molecule has 0 amide bonds. The molecule has 2 N–H and O–H groups in total. The van der Waals surface area contributed by atoms with E-state index in [0.717, 1.165) is 24.0 Å². The van der Waals surface area contributed by atoms with Crippen molar-refractivity contribution in [1.82, 2.24) is 0 Å². The van der Waals surface area contributed by atoms with Crippen LogP contribution in [0.3, 0.4) is 0 Å². The Hall–Kier alpha value is -1.72. The highest BCUT2D eigenvalue weighted by Crippen LogP contribution is 2.20. The molecule has 0 aromatic heterocycles. The number of benzene rings is 1. The SMILES string of the molecule is CC(C)C(O)OCCc1cccc(/C=C\C2=CC=CC(OC(O)C(C)C)C2)c1. The highest BCUT2D eigenvalue weighted by Gasteiger charge is 2.17. The molecule has 0 spiro atoms. The van der Waals surface area contributed by atoms with Gasteiger partial charge in [-0.3, -0.25) is 0 Å². The average Bonchev–Trinajstić information content (AvgIpc) is 2.66. The number of aliphatic hydroxyl groups is 2. The van der Waals surface area contributed by atoms with Gasteiger partial charge in [0, 0.05) is 18.3 Å². The van der Waals surface area contributed by atoms with Crippen LogP contribution in [0.1, 0.15) is 45.2 Å². The van der Waals surface area contributed by atoms with Crippen LogP contribution in [0.25, 0.3) is 6.08 Å². The van der Waals surface area contributed by atoms with Gasteiger partial charge in [-0.05, 0) is 23.1 Å². The van der Waals surface area contributed by atoms with Gasteiger partial charge >= 0.3 is 0 Å². The van der Waals surface area contributed by atoms with Gasteiger partial charge < -0.3 is 19.7 Å². The Morgan fingerprint density at radius 3 is 2.54 bits per heavy atom. The second-order valence-electron chi connectivity index (χ2n) is 7.97. The first-order chi connectivity index (χ1) is 13.3. The molecule has 1 aromatic carbocycles. The minimum Gasteiger partial charge on any atom is -0.368 e. The van der Waals surface area contributed by atoms with Crippen LogP contribution in [0.2, 0.25) is 0 Å². The first-order valence-electron chi connectivity index (χ1n) is 10.1. The molecule has 28 heavy (non-hydrogen) atoms. The van der Waals surface area contributed by atoms with Crippen LogP contribution in [0.15, 0.2) is 54.1 Å². The predicted molar refractivity (Wildman–Crippen MR) is 114 cm³/mol. The zero-order chi connectivity index (χ0) is 20.5. The first kappa shape index (κ1) is 22.6. The van der Waals surface area contributed by atoms with Crippen molar-refractivity contribution in [3.05, 3.63) is 65.3 Å². The third-order valence-corrected chi connectivity index (χ3v) is 4.65. The van der Waals surface area contributed by atoms with Gasteiger partial charge in [-0.25, -0.2) is 0 Å². The molecule has 4 heteroatoms. The summed E-state index contributed by atoms with van der Waals surface area (Å²) in [5.41, 5.74) is 3.46. The molecule has 0 aliphatic heterocycles. The molecule has 0 fully saturated rings. The van der Waals surface area contributed by atoms with Gasteiger partial charge in [-0.15, -0.1) is 0 Å². The molecule has 3 unspecified atom stereocenters. The highest BCUT2D eigenvalue weighted by atomic mass is 16.6. The Morgan fingerprint density at radius 1 is 1.07 bits per heavy atom. The van der Waals surface area contributed by atoms with E-state index in [2.05, 4.69) is 36.4 Å². The number of hydrogen-bond acceptors (Lipinski definition) is 4. The Kier molecular flexibility index (Phi) is 9.13. The Balaban J connectivity index is 1.88. The van der Waals surface area contributed by atoms with Crippen molar-refractivity contribution >= 4 is 6.08 Å². The Bertz CT molecular complexity index is 688. The lowest BCUT2D eigenvalue weighted by molar-refractivity contribution is -0.146. The predicted octanol–water partition coefficient (Wildman–Crippen LogP) is 4.48. The second kappa shape index (κ2) is 11.3. The Morgan fingerprint density at radius 2 is 1.82 bits per heavy atom. The third kappa shape index (κ3) is 7.72. The molecular weight excluding hydrogens is 352 g/mol. The molecule has 3 atom stereocenters. The van der Waals surface area contributed by atoms with Crippen LogP contribution < -0.4 is 0 Å². The zero-order valence-electron chi connectivity index (χ0n) is 17.4. The van der Waals surface area contributed by atoms with E-state index in [1.54, 1.807) is 0 Å². The molecule has 4 nitrogen and oxygen atoms in total. The number of hydrogen-bond donors (Lipinski definition) is 2. The average molecular weight is 387 g/mol. The summed E-state index contributed by atoms with van der Waals surface area (Å²) in [7, 11) is 0. The summed E-state index contributed by atoms with van der Waals surface area (Å²) in [6.07, 6.45) is 10.2. The van der Waals surface area contributed by atoms with Gasteiger partial charge in [0.25, 0.3) is 0 Å². The van der Waals surface area contributed by atoms with Gasteiger partial charge in [-0.1, -0.05) is 82.3 Å². The third-order valence-electron chi connectivity index (χ3n) is 4.65. The van der Waals surface area contributed by atoms with Crippen molar-refractivity contribution in [3.63, 3.8) is 0 Å². The van der Waals surface area contributed by atoms with E-state index in [-0.39, 0.29) is 17.9 Å². The molecule has 154 valence electrons. The second-order valence-corrected chi connectivity index (χ2v) is 7.97. The minimum atomic E-state index is -0.744. The zero-order valence-corrected chi connectivity index (χ0v) is 17.4. The molecular formula is C24H34O4. The van der Waals surface area contributed by atoms with E-state index >= 15 is 0 Å². The monoisotopic (exact) mass is 386 g/mol. The number of rotatable bonds is 10. The van der Waals surface area contributed by atoms with Gasteiger partial charge in [0.15, 0.2) is 12.6 Å². The standard InChI is InChI=1S/C24H34O4/c1-17(2)23(25)27-14-13-21-8-5-7-19(15-21)11-12-20-9-6-10-22(16-20)28-24(26)18(3)4/h5-12,15,17-18,22-26H,13-14,16H2,1-4H3/b12-11-. The summed E-state index contributed by atoms with van der Waals surface area (Å²) < 4.78 is 11.1. The lowest BCUT2D eigenvalue weighted by Crippen LogP contribution is -2.26. The maximum Gasteiger partial charge on any atom is 0.157 e. The molecule has 0 bridgehead atoms. The fourth-order valence-corrected chi connectivity index (χ4v) is 2.77. The van der Waals surface area contributed by atoms with Crippen LogP contribution in [0.4, 0.5) is 0 Å². The van der Waals surface area contributed by atoms with Gasteiger partial charge in [0.05, 0.1) is 12.7 Å². The van der Waals surface area contributed by atoms with Crippen molar-refractivity contribution in [2.45, 2.75) is 59.2 Å². The van der Waals surface area contributed by atoms with E-state index in [0.29, 0.717) is 6.61 Å². The largest absolute Gasteiger partial charge is 0.368 e. The molecule has 0 saturated heterocycles. The van der Waals surface area contributed by atoms with Crippen molar-refractivity contribution in [3.8, 4) is 0 Å². The van der Waals surface area contributed by atoms with E-state index in [1.165, 1.54) is 5.56 Å². The van der Waals surface area contributed by atoms with Crippen LogP contribution in [0.5, 0.6) is 0 Å². The summed E-state index contributed by atoms with van der Waals surface area (Å²) in [4.78, 5) is 0. The lowest BCUT2D eigenvalue weighted by atomic mass is 10.0. The lowest BCUT2D eigenvalue weighted by Gasteiger charge is -2.23. The van der Waals surface area contributed by atoms with Crippen LogP contribution in [-0.4, -0.2) is 35.5 Å². The molecule has 0 saturated carbocycles. The van der Waals surface area contributed by atoms with Crippen molar-refractivity contribution in [2.24, 2.45) is 11.8 Å². The summed E-state index contributed by atoms with van der Waals surface area (Å²) in [6.45, 7) is 8.25. The summed E-state index contributed by atoms with van der Waals surface area (Å²) in [5, 5.41) is 19.6. The summed E-state index contributed by atoms with van der Waals surface area (Å²) in [5.74, 6) is 0.174. The summed E-state index contributed by atoms with van der Waals surface area (Å²) in [6, 6.07) is 8.31. The first-order valence-corrected chi connectivity index (χ1v) is 10.1. The van der Waals surface area contributed by atoms with Crippen LogP contribution in [-0.2, 0) is 15.9 Å². The van der Waals surface area contributed by atoms with Gasteiger partial charge in [0.2, 0.25) is 0 Å². The van der Waals surface area contributed by atoms with E-state index < -0.39 is 12.6 Å². The van der Waals surface area contributed by atoms with Gasteiger partial charge in [-0.2, -0.15) is 0 Å². The normalized spacial score (nSPS) is 19.4. The van der Waals surface area contributed by atoms with E-state index in [4.69, 9.17) is 9.47 Å². The van der Waals surface area contributed by atoms with E-state index in [9.17, 15) is 10.2 Å². The molecule has 0 radical (unpaired) electrons. The minimum absolute atomic E-state index is 0.0756. The Labute approximate surface area is 169 Å². The number of ether oxygens (including phenoxy) is 2. The smallest absolute Gasteiger partial charge is 0.157 e. The molecule has 2 rings (SSSR count). The van der Waals surface area contributed by atoms with Crippen molar-refractivity contribution in [1.29, 1.82) is 0 Å². The maximum atomic E-state index is 9.92. The molecule has 0 heterocycles. The highest BCUT2D eigenvalue weighted by molar-refractivity contribution is 5.54. The van der Waals surface area contributed by atoms with Crippen LogP contribution in [0, 0.1) is 11.8 Å². The maximum absolute atomic E-state index is 9.92. The quantitative estimate of drug-likeness (QED) is 0.582. The van der Waals surface area contributed by atoms with Crippen molar-refractivity contribution in [2.75, 3.05) is 6.61 Å². The fraction of sp³-hybridized carbons (Fsp3) is 0.500. The molecule has 1 aromatic rings.